The Kier molecular flexibility index (Phi) is 19.6. The molecule has 0 atom stereocenters. The fraction of sp³-hybridized carbons (Fsp3) is 0.222. The summed E-state index contributed by atoms with van der Waals surface area (Å²) in [6.07, 6.45) is 0. The number of hydrogen-bond donors (Lipinski definition) is 0. The maximum absolute atomic E-state index is 4.94. The van der Waals surface area contributed by atoms with E-state index in [9.17, 15) is 0 Å². The van der Waals surface area contributed by atoms with Gasteiger partial charge in [0.25, 0.3) is 0 Å². The van der Waals surface area contributed by atoms with Crippen LogP contribution in [0.3, 0.4) is 0 Å². The smallest absolute Gasteiger partial charge is 0.411 e. The largest absolute Gasteiger partial charge is 3.00 e. The van der Waals surface area contributed by atoms with Crippen molar-refractivity contribution < 1.29 is 17.1 Å². The van der Waals surface area contributed by atoms with Crippen LogP contribution in [0.2, 0.25) is 0 Å². The number of benzene rings is 3. The van der Waals surface area contributed by atoms with Crippen molar-refractivity contribution in [1.29, 1.82) is 0 Å². The van der Waals surface area contributed by atoms with Crippen molar-refractivity contribution in [1.82, 2.24) is 0 Å². The molecule has 197 valence electrons. The van der Waals surface area contributed by atoms with Crippen LogP contribution in [-0.2, 0) is 55.0 Å². The predicted molar refractivity (Wildman–Crippen MR) is 178 cm³/mol. The Morgan fingerprint density at radius 2 is 0.676 bits per heavy atom. The van der Waals surface area contributed by atoms with Gasteiger partial charge >= 0.3 is 17.1 Å². The van der Waals surface area contributed by atoms with Gasteiger partial charge < -0.3 is 89.2 Å². The minimum absolute atomic E-state index is 0. The number of para-hydroxylation sites is 3. The van der Waals surface area contributed by atoms with Crippen molar-refractivity contribution in [3.05, 3.63) is 91.0 Å². The third kappa shape index (κ3) is 13.2. The molecular weight excluding hydrogens is 615 g/mol. The first-order chi connectivity index (χ1) is 17.3. The van der Waals surface area contributed by atoms with Crippen molar-refractivity contribution in [3.63, 3.8) is 0 Å². The van der Waals surface area contributed by atoms with Gasteiger partial charge in [-0.2, -0.15) is 0 Å². The summed E-state index contributed by atoms with van der Waals surface area (Å²) in [5, 5.41) is 0. The molecule has 0 fully saturated rings. The Morgan fingerprint density at radius 3 is 0.811 bits per heavy atom. The van der Waals surface area contributed by atoms with Crippen molar-refractivity contribution in [2.24, 2.45) is 0 Å². The van der Waals surface area contributed by atoms with E-state index in [-0.39, 0.29) is 17.1 Å². The van der Waals surface area contributed by atoms with Crippen LogP contribution in [0.1, 0.15) is 20.8 Å². The van der Waals surface area contributed by atoms with E-state index in [2.05, 4.69) is 0 Å². The number of hydrogen-bond acceptors (Lipinski definition) is 6. The SMILES string of the molecule is CCN(C(=S)[S-])c1ccccc1.CCN(C(=S)[S-])c1ccccc1.CCN(C(=S)[S-])c1ccccc1.[Fe+3]. The van der Waals surface area contributed by atoms with Crippen molar-refractivity contribution in [2.45, 2.75) is 20.8 Å². The Labute approximate surface area is 265 Å². The molecule has 1 radical (unpaired) electrons. The summed E-state index contributed by atoms with van der Waals surface area (Å²) in [7, 11) is 0. The summed E-state index contributed by atoms with van der Waals surface area (Å²) in [6, 6.07) is 29.8. The van der Waals surface area contributed by atoms with Gasteiger partial charge in [-0.15, -0.1) is 0 Å². The van der Waals surface area contributed by atoms with Gasteiger partial charge in [0.15, 0.2) is 0 Å². The minimum Gasteiger partial charge on any atom is -0.411 e. The summed E-state index contributed by atoms with van der Waals surface area (Å²) in [5.74, 6) is 0. The second-order valence-corrected chi connectivity index (χ2v) is 10.1. The average molecular weight is 645 g/mol. The van der Waals surface area contributed by atoms with Crippen LogP contribution in [0.15, 0.2) is 91.0 Å². The quantitative estimate of drug-likeness (QED) is 0.158. The van der Waals surface area contributed by atoms with Gasteiger partial charge in [0.05, 0.1) is 0 Å². The van der Waals surface area contributed by atoms with Crippen molar-refractivity contribution >= 4 is 105 Å². The van der Waals surface area contributed by atoms with Crippen LogP contribution >= 0.6 is 36.7 Å². The van der Waals surface area contributed by atoms with Gasteiger partial charge in [-0.05, 0) is 57.2 Å². The minimum atomic E-state index is 0. The molecule has 37 heavy (non-hydrogen) atoms. The summed E-state index contributed by atoms with van der Waals surface area (Å²) in [5.41, 5.74) is 3.21. The number of thiocarbonyl (C=S) groups is 3. The Balaban J connectivity index is 0.000000518. The van der Waals surface area contributed by atoms with Crippen LogP contribution in [0.25, 0.3) is 0 Å². The monoisotopic (exact) mass is 644 g/mol. The molecule has 10 heteroatoms. The van der Waals surface area contributed by atoms with Crippen LogP contribution in [0, 0.1) is 0 Å². The number of anilines is 3. The van der Waals surface area contributed by atoms with Gasteiger partial charge in [-0.25, -0.2) is 0 Å². The van der Waals surface area contributed by atoms with Gasteiger partial charge in [-0.3, -0.25) is 0 Å². The molecule has 0 heterocycles. The first-order valence-electron chi connectivity index (χ1n) is 11.4. The second-order valence-electron chi connectivity index (χ2n) is 7.04. The maximum atomic E-state index is 4.94. The number of rotatable bonds is 6. The van der Waals surface area contributed by atoms with Gasteiger partial charge in [-0.1, -0.05) is 67.6 Å². The summed E-state index contributed by atoms with van der Waals surface area (Å²) < 4.78 is 1.51. The molecule has 3 nitrogen and oxygen atoms in total. The Hall–Kier alpha value is -1.49. The second kappa shape index (κ2) is 20.5. The van der Waals surface area contributed by atoms with E-state index < -0.39 is 0 Å². The molecule has 0 aliphatic carbocycles. The van der Waals surface area contributed by atoms with E-state index in [1.807, 2.05) is 126 Å². The molecule has 0 N–H and O–H groups in total. The van der Waals surface area contributed by atoms with E-state index in [0.29, 0.717) is 13.0 Å². The summed E-state index contributed by atoms with van der Waals surface area (Å²) in [4.78, 5) is 5.76. The van der Waals surface area contributed by atoms with E-state index in [4.69, 9.17) is 74.5 Å². The summed E-state index contributed by atoms with van der Waals surface area (Å²) >= 11 is 29.6. The Morgan fingerprint density at radius 1 is 0.486 bits per heavy atom. The van der Waals surface area contributed by atoms with Crippen LogP contribution in [0.5, 0.6) is 0 Å². The average Bonchev–Trinajstić information content (AvgIpc) is 2.87. The topological polar surface area (TPSA) is 9.72 Å². The molecule has 0 aliphatic heterocycles. The van der Waals surface area contributed by atoms with Crippen LogP contribution < -0.4 is 14.7 Å². The molecule has 3 aromatic rings. The molecule has 3 rings (SSSR count). The molecule has 0 spiro atoms. The fourth-order valence-electron chi connectivity index (χ4n) is 3.08. The van der Waals surface area contributed by atoms with E-state index in [1.54, 1.807) is 0 Å². The standard InChI is InChI=1S/3C9H11NS2.Fe/c3*1-2-10(9(11)12)8-6-4-3-5-7-8;/h3*3-7H,2H2,1H3,(H,11,12);/q;;;+3/p-3. The first-order valence-corrected chi connectivity index (χ1v) is 13.8. The molecule has 0 amide bonds. The maximum Gasteiger partial charge on any atom is 3.00 e. The van der Waals surface area contributed by atoms with Gasteiger partial charge in [0.2, 0.25) is 0 Å². The molecule has 0 saturated heterocycles. The molecular formula is C27H30FeN3S6. The molecule has 0 unspecified atom stereocenters. The molecule has 3 aromatic carbocycles. The zero-order valence-electron chi connectivity index (χ0n) is 20.9. The molecule has 0 saturated carbocycles. The van der Waals surface area contributed by atoms with E-state index in [0.717, 1.165) is 36.7 Å². The first kappa shape index (κ1) is 35.5. The normalized spacial score (nSPS) is 9.16. The summed E-state index contributed by atoms with van der Waals surface area (Å²) in [6.45, 7) is 8.58. The fourth-order valence-corrected chi connectivity index (χ4v) is 4.48. The van der Waals surface area contributed by atoms with Crippen LogP contribution in [0.4, 0.5) is 17.1 Å². The van der Waals surface area contributed by atoms with Crippen LogP contribution in [-0.4, -0.2) is 32.6 Å². The van der Waals surface area contributed by atoms with Crippen molar-refractivity contribution in [3.8, 4) is 0 Å². The third-order valence-corrected chi connectivity index (χ3v) is 6.14. The van der Waals surface area contributed by atoms with Crippen molar-refractivity contribution in [2.75, 3.05) is 34.3 Å². The number of nitrogens with zero attached hydrogens (tertiary/aromatic N) is 3. The molecule has 0 aliphatic rings. The van der Waals surface area contributed by atoms with Gasteiger partial charge in [0, 0.05) is 36.7 Å². The molecule has 0 aromatic heterocycles. The van der Waals surface area contributed by atoms with E-state index >= 15 is 0 Å². The van der Waals surface area contributed by atoms with E-state index in [1.165, 1.54) is 0 Å². The Bertz CT molecular complexity index is 919. The predicted octanol–water partition coefficient (Wildman–Crippen LogP) is 7.03. The zero-order chi connectivity index (χ0) is 26.9. The van der Waals surface area contributed by atoms with Gasteiger partial charge in [0.1, 0.15) is 0 Å². The molecule has 0 bridgehead atoms. The third-order valence-electron chi connectivity index (χ3n) is 4.81. The zero-order valence-corrected chi connectivity index (χ0v) is 26.9.